The zero-order chi connectivity index (χ0) is 15.9. The van der Waals surface area contributed by atoms with E-state index in [1.165, 1.54) is 6.20 Å². The molecule has 118 valence electrons. The maximum atomic E-state index is 12.6. The molecule has 0 radical (unpaired) electrons. The van der Waals surface area contributed by atoms with Crippen LogP contribution in [0.15, 0.2) is 23.4 Å². The van der Waals surface area contributed by atoms with Crippen LogP contribution in [0.2, 0.25) is 0 Å². The van der Waals surface area contributed by atoms with Crippen molar-refractivity contribution >= 4 is 15.7 Å². The first-order chi connectivity index (χ1) is 10.4. The summed E-state index contributed by atoms with van der Waals surface area (Å²) in [5.74, 6) is -0.197. The fraction of sp³-hybridized carbons (Fsp3) is 0.462. The quantitative estimate of drug-likeness (QED) is 0.887. The number of hydrogen-bond donors (Lipinski definition) is 1. The third kappa shape index (κ3) is 2.52. The number of aromatic nitrogens is 4. The third-order valence-corrected chi connectivity index (χ3v) is 4.94. The number of amides is 1. The second-order valence-electron chi connectivity index (χ2n) is 5.45. The van der Waals surface area contributed by atoms with Crippen molar-refractivity contribution < 1.29 is 13.2 Å². The number of hydrogen-bond acceptors (Lipinski definition) is 5. The van der Waals surface area contributed by atoms with Gasteiger partial charge in [0.05, 0.1) is 17.9 Å². The van der Waals surface area contributed by atoms with Crippen molar-refractivity contribution in [3.05, 3.63) is 29.8 Å². The Kier molecular flexibility index (Phi) is 3.51. The number of likely N-dealkylation sites (tertiary alicyclic amines) is 1. The molecule has 1 saturated heterocycles. The van der Waals surface area contributed by atoms with E-state index in [9.17, 15) is 13.2 Å². The van der Waals surface area contributed by atoms with E-state index >= 15 is 0 Å². The van der Waals surface area contributed by atoms with E-state index < -0.39 is 9.84 Å². The number of nitrogens with zero attached hydrogens (tertiary/aromatic N) is 4. The van der Waals surface area contributed by atoms with Crippen LogP contribution < -0.4 is 0 Å². The molecular weight excluding hydrogens is 306 g/mol. The summed E-state index contributed by atoms with van der Waals surface area (Å²) in [6.45, 7) is 0.572. The van der Waals surface area contributed by atoms with Gasteiger partial charge in [-0.2, -0.15) is 10.2 Å². The Labute approximate surface area is 128 Å². The first-order valence-corrected chi connectivity index (χ1v) is 8.81. The highest BCUT2D eigenvalue weighted by molar-refractivity contribution is 7.90. The number of aromatic amines is 1. The molecule has 22 heavy (non-hydrogen) atoms. The van der Waals surface area contributed by atoms with Gasteiger partial charge in [0.25, 0.3) is 5.91 Å². The van der Waals surface area contributed by atoms with Crippen LogP contribution in [-0.2, 0) is 16.9 Å². The maximum Gasteiger partial charge on any atom is 0.274 e. The van der Waals surface area contributed by atoms with Crippen molar-refractivity contribution in [2.45, 2.75) is 23.8 Å². The van der Waals surface area contributed by atoms with Gasteiger partial charge in [0, 0.05) is 26.0 Å². The Bertz CT molecular complexity index is 807. The molecule has 1 amide bonds. The molecule has 1 N–H and O–H groups in total. The number of sulfone groups is 1. The Morgan fingerprint density at radius 1 is 1.45 bits per heavy atom. The Morgan fingerprint density at radius 2 is 2.23 bits per heavy atom. The first kappa shape index (κ1) is 14.8. The minimum absolute atomic E-state index is 0.151. The normalized spacial score (nSPS) is 18.8. The van der Waals surface area contributed by atoms with E-state index in [0.717, 1.165) is 12.7 Å². The van der Waals surface area contributed by atoms with Gasteiger partial charge in [0.2, 0.25) is 0 Å². The lowest BCUT2D eigenvalue weighted by molar-refractivity contribution is 0.0724. The van der Waals surface area contributed by atoms with E-state index in [2.05, 4.69) is 15.3 Å². The van der Waals surface area contributed by atoms with Crippen molar-refractivity contribution in [2.24, 2.45) is 7.05 Å². The molecule has 2 aromatic heterocycles. The van der Waals surface area contributed by atoms with Crippen molar-refractivity contribution in [3.8, 4) is 0 Å². The van der Waals surface area contributed by atoms with Gasteiger partial charge in [-0.1, -0.05) is 0 Å². The van der Waals surface area contributed by atoms with Crippen LogP contribution in [0.25, 0.3) is 0 Å². The van der Waals surface area contributed by atoms with Crippen molar-refractivity contribution in [2.75, 3.05) is 12.8 Å². The second-order valence-corrected chi connectivity index (χ2v) is 7.44. The van der Waals surface area contributed by atoms with E-state index in [1.807, 2.05) is 0 Å². The van der Waals surface area contributed by atoms with Crippen LogP contribution in [0.5, 0.6) is 0 Å². The van der Waals surface area contributed by atoms with Gasteiger partial charge in [0.15, 0.2) is 9.84 Å². The molecule has 1 fully saturated rings. The predicted octanol–water partition coefficient (Wildman–Crippen LogP) is 0.524. The lowest BCUT2D eigenvalue weighted by Gasteiger charge is -2.23. The van der Waals surface area contributed by atoms with E-state index in [0.29, 0.717) is 24.4 Å². The smallest absolute Gasteiger partial charge is 0.274 e. The molecule has 0 spiro atoms. The standard InChI is InChI=1S/C13H17N5O3S/c1-17-7-5-9(16-17)13(19)18-6-3-4-10(18)12-11(8-14-15-12)22(2,20)21/h5,7-8,10H,3-4,6H2,1-2H3,(H,14,15)/t10-/m0/s1. The summed E-state index contributed by atoms with van der Waals surface area (Å²) in [4.78, 5) is 14.4. The Balaban J connectivity index is 1.94. The summed E-state index contributed by atoms with van der Waals surface area (Å²) < 4.78 is 25.3. The molecule has 3 rings (SSSR count). The van der Waals surface area contributed by atoms with Gasteiger partial charge in [-0.15, -0.1) is 0 Å². The number of aryl methyl sites for hydroxylation is 1. The zero-order valence-corrected chi connectivity index (χ0v) is 13.2. The average molecular weight is 323 g/mol. The van der Waals surface area contributed by atoms with Crippen molar-refractivity contribution in [1.82, 2.24) is 24.9 Å². The highest BCUT2D eigenvalue weighted by Gasteiger charge is 2.35. The third-order valence-electron chi connectivity index (χ3n) is 3.81. The highest BCUT2D eigenvalue weighted by Crippen LogP contribution is 2.34. The largest absolute Gasteiger partial charge is 0.329 e. The number of nitrogens with one attached hydrogen (secondary N) is 1. The average Bonchev–Trinajstić information content (AvgIpc) is 3.16. The molecular formula is C13H17N5O3S. The lowest BCUT2D eigenvalue weighted by Crippen LogP contribution is -2.31. The molecule has 2 aromatic rings. The fourth-order valence-electron chi connectivity index (χ4n) is 2.81. The summed E-state index contributed by atoms with van der Waals surface area (Å²) in [5.41, 5.74) is 0.833. The van der Waals surface area contributed by atoms with Gasteiger partial charge >= 0.3 is 0 Å². The molecule has 8 nitrogen and oxygen atoms in total. The molecule has 0 aliphatic carbocycles. The molecule has 1 atom stereocenters. The molecule has 0 unspecified atom stereocenters. The highest BCUT2D eigenvalue weighted by atomic mass is 32.2. The summed E-state index contributed by atoms with van der Waals surface area (Å²) in [6, 6.07) is 1.34. The summed E-state index contributed by atoms with van der Waals surface area (Å²) in [6.07, 6.45) is 5.65. The number of carbonyl (C=O) groups excluding carboxylic acids is 1. The minimum atomic E-state index is -3.39. The van der Waals surface area contributed by atoms with Crippen LogP contribution in [0, 0.1) is 0 Å². The number of carbonyl (C=O) groups is 1. The van der Waals surface area contributed by atoms with Gasteiger partial charge in [-0.3, -0.25) is 14.6 Å². The molecule has 3 heterocycles. The maximum absolute atomic E-state index is 12.6. The van der Waals surface area contributed by atoms with Gasteiger partial charge < -0.3 is 4.90 Å². The molecule has 1 aliphatic heterocycles. The van der Waals surface area contributed by atoms with Gasteiger partial charge in [-0.05, 0) is 18.9 Å². The minimum Gasteiger partial charge on any atom is -0.329 e. The van der Waals surface area contributed by atoms with E-state index in [-0.39, 0.29) is 16.8 Å². The monoisotopic (exact) mass is 323 g/mol. The molecule has 0 saturated carbocycles. The van der Waals surface area contributed by atoms with Crippen LogP contribution in [-0.4, -0.2) is 52.0 Å². The molecule has 1 aliphatic rings. The second kappa shape index (κ2) is 5.24. The molecule has 9 heteroatoms. The van der Waals surface area contributed by atoms with Crippen LogP contribution in [0.4, 0.5) is 0 Å². The van der Waals surface area contributed by atoms with E-state index in [1.54, 1.807) is 28.9 Å². The van der Waals surface area contributed by atoms with Gasteiger partial charge in [0.1, 0.15) is 10.6 Å². The SMILES string of the molecule is Cn1ccc(C(=O)N2CCC[C@H]2c2[nH]ncc2S(C)(=O)=O)n1. The molecule has 0 bridgehead atoms. The topological polar surface area (TPSA) is 101 Å². The summed E-state index contributed by atoms with van der Waals surface area (Å²) in [7, 11) is -1.64. The Morgan fingerprint density at radius 3 is 2.86 bits per heavy atom. The van der Waals surface area contributed by atoms with Gasteiger partial charge in [-0.25, -0.2) is 8.42 Å². The predicted molar refractivity (Wildman–Crippen MR) is 77.9 cm³/mol. The van der Waals surface area contributed by atoms with Crippen molar-refractivity contribution in [1.29, 1.82) is 0 Å². The van der Waals surface area contributed by atoms with Crippen LogP contribution in [0.3, 0.4) is 0 Å². The molecule has 0 aromatic carbocycles. The number of H-pyrrole nitrogens is 1. The van der Waals surface area contributed by atoms with Crippen LogP contribution >= 0.6 is 0 Å². The van der Waals surface area contributed by atoms with Crippen LogP contribution in [0.1, 0.15) is 35.1 Å². The van der Waals surface area contributed by atoms with E-state index in [4.69, 9.17) is 0 Å². The number of rotatable bonds is 3. The van der Waals surface area contributed by atoms with Crippen molar-refractivity contribution in [3.63, 3.8) is 0 Å². The first-order valence-electron chi connectivity index (χ1n) is 6.92. The summed E-state index contributed by atoms with van der Waals surface area (Å²) >= 11 is 0. The summed E-state index contributed by atoms with van der Waals surface area (Å²) in [5, 5.41) is 10.7. The zero-order valence-electron chi connectivity index (χ0n) is 12.4. The Hall–Kier alpha value is -2.16. The fourth-order valence-corrected chi connectivity index (χ4v) is 3.63. The lowest BCUT2D eigenvalue weighted by atomic mass is 10.1.